The van der Waals surface area contributed by atoms with Crippen molar-refractivity contribution in [2.75, 3.05) is 12.4 Å². The lowest BCUT2D eigenvalue weighted by Gasteiger charge is -2.10. The molecule has 0 aliphatic carbocycles. The number of aryl methyl sites for hydroxylation is 1. The number of amides is 2. The number of benzene rings is 2. The molecule has 26 heavy (non-hydrogen) atoms. The summed E-state index contributed by atoms with van der Waals surface area (Å²) in [6.45, 7) is 3.50. The van der Waals surface area contributed by atoms with Gasteiger partial charge >= 0.3 is 0 Å². The summed E-state index contributed by atoms with van der Waals surface area (Å²) in [5.41, 5.74) is 4.79. The Morgan fingerprint density at radius 2 is 1.92 bits per heavy atom. The van der Waals surface area contributed by atoms with E-state index in [2.05, 4.69) is 15.8 Å². The van der Waals surface area contributed by atoms with Crippen LogP contribution in [0, 0.1) is 6.92 Å². The van der Waals surface area contributed by atoms with Gasteiger partial charge in [0.2, 0.25) is 5.91 Å². The standard InChI is InChI=1S/C19H20ClN3O3/c1-12-6-4-5-7-15(12)19(25)23-22-13(2)10-18(24)21-16-11-14(20)8-9-17(16)26-3/h4-9,11H,10H2,1-3H3,(H,21,24)(H,23,25)/b22-13+. The molecular formula is C19H20ClN3O3. The van der Waals surface area contributed by atoms with Crippen molar-refractivity contribution in [2.24, 2.45) is 5.10 Å². The number of nitrogens with one attached hydrogen (secondary N) is 2. The molecule has 2 rings (SSSR count). The Balaban J connectivity index is 1.96. The van der Waals surface area contributed by atoms with Crippen LogP contribution in [0.4, 0.5) is 5.69 Å². The maximum atomic E-state index is 12.2. The molecular weight excluding hydrogens is 354 g/mol. The number of methoxy groups -OCH3 is 1. The highest BCUT2D eigenvalue weighted by atomic mass is 35.5. The van der Waals surface area contributed by atoms with Gasteiger partial charge in [-0.25, -0.2) is 5.43 Å². The van der Waals surface area contributed by atoms with E-state index in [1.165, 1.54) is 7.11 Å². The molecule has 0 fully saturated rings. The van der Waals surface area contributed by atoms with Gasteiger partial charge in [0.25, 0.3) is 5.91 Å². The lowest BCUT2D eigenvalue weighted by molar-refractivity contribution is -0.115. The first-order valence-corrected chi connectivity index (χ1v) is 8.31. The predicted molar refractivity (Wildman–Crippen MR) is 103 cm³/mol. The van der Waals surface area contributed by atoms with Crippen LogP contribution in [0.3, 0.4) is 0 Å². The van der Waals surface area contributed by atoms with Gasteiger partial charge < -0.3 is 10.1 Å². The van der Waals surface area contributed by atoms with Gasteiger partial charge in [-0.1, -0.05) is 29.8 Å². The van der Waals surface area contributed by atoms with Crippen LogP contribution in [0.2, 0.25) is 5.02 Å². The van der Waals surface area contributed by atoms with E-state index in [-0.39, 0.29) is 18.2 Å². The first kappa shape index (κ1) is 19.5. The highest BCUT2D eigenvalue weighted by molar-refractivity contribution is 6.31. The van der Waals surface area contributed by atoms with Gasteiger partial charge in [-0.2, -0.15) is 5.10 Å². The average molecular weight is 374 g/mol. The number of hydrogen-bond acceptors (Lipinski definition) is 4. The highest BCUT2D eigenvalue weighted by Crippen LogP contribution is 2.27. The molecule has 0 saturated carbocycles. The molecule has 0 radical (unpaired) electrons. The minimum Gasteiger partial charge on any atom is -0.495 e. The van der Waals surface area contributed by atoms with E-state index in [9.17, 15) is 9.59 Å². The van der Waals surface area contributed by atoms with Crippen LogP contribution in [0.25, 0.3) is 0 Å². The first-order chi connectivity index (χ1) is 12.4. The minimum absolute atomic E-state index is 0.0176. The molecule has 136 valence electrons. The van der Waals surface area contributed by atoms with Crippen molar-refractivity contribution >= 4 is 34.8 Å². The molecule has 0 aliphatic rings. The van der Waals surface area contributed by atoms with Crippen LogP contribution in [0.15, 0.2) is 47.6 Å². The van der Waals surface area contributed by atoms with Gasteiger partial charge in [0.15, 0.2) is 0 Å². The van der Waals surface area contributed by atoms with E-state index in [0.29, 0.717) is 27.7 Å². The van der Waals surface area contributed by atoms with E-state index < -0.39 is 0 Å². The third-order valence-electron chi connectivity index (χ3n) is 3.59. The number of halogens is 1. The Bertz CT molecular complexity index is 850. The molecule has 0 bridgehead atoms. The average Bonchev–Trinajstić information content (AvgIpc) is 2.60. The zero-order chi connectivity index (χ0) is 19.1. The molecule has 6 nitrogen and oxygen atoms in total. The van der Waals surface area contributed by atoms with Crippen molar-refractivity contribution in [3.63, 3.8) is 0 Å². The number of hydrazone groups is 1. The molecule has 0 saturated heterocycles. The van der Waals surface area contributed by atoms with Gasteiger partial charge in [0.05, 0.1) is 19.2 Å². The zero-order valence-corrected chi connectivity index (χ0v) is 15.6. The van der Waals surface area contributed by atoms with Crippen LogP contribution >= 0.6 is 11.6 Å². The minimum atomic E-state index is -0.320. The summed E-state index contributed by atoms with van der Waals surface area (Å²) in [7, 11) is 1.51. The number of hydrogen-bond donors (Lipinski definition) is 2. The van der Waals surface area contributed by atoms with Crippen molar-refractivity contribution in [3.8, 4) is 5.75 Å². The third kappa shape index (κ3) is 5.32. The Morgan fingerprint density at radius 1 is 1.19 bits per heavy atom. The van der Waals surface area contributed by atoms with Crippen molar-refractivity contribution in [1.82, 2.24) is 5.43 Å². The maximum Gasteiger partial charge on any atom is 0.271 e. The predicted octanol–water partition coefficient (Wildman–Crippen LogP) is 3.79. The van der Waals surface area contributed by atoms with Gasteiger partial charge in [0, 0.05) is 16.3 Å². The van der Waals surface area contributed by atoms with Gasteiger partial charge in [0.1, 0.15) is 5.75 Å². The third-order valence-corrected chi connectivity index (χ3v) is 3.83. The van der Waals surface area contributed by atoms with E-state index in [0.717, 1.165) is 5.56 Å². The van der Waals surface area contributed by atoms with Crippen molar-refractivity contribution < 1.29 is 14.3 Å². The van der Waals surface area contributed by atoms with Crippen molar-refractivity contribution in [3.05, 3.63) is 58.6 Å². The molecule has 0 heterocycles. The number of carbonyl (C=O) groups is 2. The normalized spacial score (nSPS) is 11.0. The second-order valence-electron chi connectivity index (χ2n) is 5.67. The molecule has 2 amide bonds. The monoisotopic (exact) mass is 373 g/mol. The Morgan fingerprint density at radius 3 is 2.62 bits per heavy atom. The molecule has 2 aromatic rings. The highest BCUT2D eigenvalue weighted by Gasteiger charge is 2.11. The summed E-state index contributed by atoms with van der Waals surface area (Å²) in [4.78, 5) is 24.3. The lowest BCUT2D eigenvalue weighted by atomic mass is 10.1. The van der Waals surface area contributed by atoms with Crippen LogP contribution in [-0.4, -0.2) is 24.6 Å². The van der Waals surface area contributed by atoms with Crippen LogP contribution in [0.1, 0.15) is 29.3 Å². The number of carbonyl (C=O) groups excluding carboxylic acids is 2. The van der Waals surface area contributed by atoms with Gasteiger partial charge in [-0.05, 0) is 43.7 Å². The van der Waals surface area contributed by atoms with E-state index in [1.54, 1.807) is 37.3 Å². The fourth-order valence-electron chi connectivity index (χ4n) is 2.28. The van der Waals surface area contributed by atoms with Crippen LogP contribution < -0.4 is 15.5 Å². The SMILES string of the molecule is COc1ccc(Cl)cc1NC(=O)C/C(C)=N/NC(=O)c1ccccc1C. The molecule has 7 heteroatoms. The topological polar surface area (TPSA) is 79.8 Å². The maximum absolute atomic E-state index is 12.2. The molecule has 0 unspecified atom stereocenters. The summed E-state index contributed by atoms with van der Waals surface area (Å²) in [6, 6.07) is 12.1. The largest absolute Gasteiger partial charge is 0.495 e. The smallest absolute Gasteiger partial charge is 0.271 e. The molecule has 0 atom stereocenters. The molecule has 2 N–H and O–H groups in total. The number of ether oxygens (including phenoxy) is 1. The van der Waals surface area contributed by atoms with Crippen molar-refractivity contribution in [2.45, 2.75) is 20.3 Å². The van der Waals surface area contributed by atoms with E-state index in [4.69, 9.17) is 16.3 Å². The Hall–Kier alpha value is -2.86. The van der Waals surface area contributed by atoms with Crippen molar-refractivity contribution in [1.29, 1.82) is 0 Å². The number of rotatable bonds is 6. The lowest BCUT2D eigenvalue weighted by Crippen LogP contribution is -2.22. The molecule has 0 spiro atoms. The van der Waals surface area contributed by atoms with Gasteiger partial charge in [-0.3, -0.25) is 9.59 Å². The summed E-state index contributed by atoms with van der Waals surface area (Å²) in [5, 5.41) is 7.19. The fourth-order valence-corrected chi connectivity index (χ4v) is 2.45. The zero-order valence-electron chi connectivity index (χ0n) is 14.8. The van der Waals surface area contributed by atoms with E-state index in [1.807, 2.05) is 19.1 Å². The molecule has 0 aliphatic heterocycles. The summed E-state index contributed by atoms with van der Waals surface area (Å²) in [6.07, 6.45) is 0.0176. The van der Waals surface area contributed by atoms with Crippen LogP contribution in [0.5, 0.6) is 5.75 Å². The quantitative estimate of drug-likeness (QED) is 0.597. The summed E-state index contributed by atoms with van der Waals surface area (Å²) >= 11 is 5.94. The molecule has 0 aromatic heterocycles. The van der Waals surface area contributed by atoms with E-state index >= 15 is 0 Å². The Kier molecular flexibility index (Phi) is 6.74. The van der Waals surface area contributed by atoms with Crippen LogP contribution in [-0.2, 0) is 4.79 Å². The number of nitrogens with zero attached hydrogens (tertiary/aromatic N) is 1. The second-order valence-corrected chi connectivity index (χ2v) is 6.11. The Labute approximate surface area is 157 Å². The number of anilines is 1. The first-order valence-electron chi connectivity index (χ1n) is 7.93. The fraction of sp³-hybridized carbons (Fsp3) is 0.211. The summed E-state index contributed by atoms with van der Waals surface area (Å²) < 4.78 is 5.18. The van der Waals surface area contributed by atoms with Gasteiger partial charge in [-0.15, -0.1) is 0 Å². The molecule has 2 aromatic carbocycles. The second kappa shape index (κ2) is 9.01. The summed E-state index contributed by atoms with van der Waals surface area (Å²) in [5.74, 6) is -0.110.